The third-order valence-corrected chi connectivity index (χ3v) is 5.06. The zero-order chi connectivity index (χ0) is 33.6. The molecule has 21 heteroatoms. The molecule has 0 aliphatic rings. The minimum atomic E-state index is -1.75. The lowest BCUT2D eigenvalue weighted by molar-refractivity contribution is -0.969. The summed E-state index contributed by atoms with van der Waals surface area (Å²) in [4.78, 5) is 71.8. The highest BCUT2D eigenvalue weighted by Gasteiger charge is 2.14. The molecule has 0 atom stereocenters. The average Bonchev–Trinajstić information content (AvgIpc) is 2.99. The van der Waals surface area contributed by atoms with E-state index < -0.39 is 21.2 Å². The van der Waals surface area contributed by atoms with Crippen molar-refractivity contribution in [2.75, 3.05) is 26.2 Å². The molecule has 0 saturated carbocycles. The van der Waals surface area contributed by atoms with Crippen molar-refractivity contribution in [2.45, 2.75) is 13.1 Å². The van der Waals surface area contributed by atoms with Crippen molar-refractivity contribution in [1.29, 1.82) is 0 Å². The molecule has 0 fully saturated rings. The van der Waals surface area contributed by atoms with E-state index in [1.807, 2.05) is 10.8 Å². The lowest BCUT2D eigenvalue weighted by Gasteiger charge is -2.06. The number of nitrogens with one attached hydrogen (secondary N) is 3. The second kappa shape index (κ2) is 20.4. The maximum Gasteiger partial charge on any atom is 0.472 e. The second-order valence-electron chi connectivity index (χ2n) is 8.20. The third-order valence-electron chi connectivity index (χ3n) is 5.06. The number of hydrogen-bond acceptors (Lipinski definition) is 11. The van der Waals surface area contributed by atoms with Gasteiger partial charge in [-0.1, -0.05) is 0 Å². The van der Waals surface area contributed by atoms with Crippen molar-refractivity contribution in [2.24, 2.45) is 0 Å². The Kier molecular flexibility index (Phi) is 16.5. The fraction of sp³-hybridized carbons (Fsp3) is 0.250. The van der Waals surface area contributed by atoms with Gasteiger partial charge in [0.05, 0.1) is 23.7 Å². The monoisotopic (exact) mass is 635 g/mol. The van der Waals surface area contributed by atoms with E-state index in [0.717, 1.165) is 0 Å². The topological polar surface area (TPSA) is 287 Å². The smallest absolute Gasteiger partial charge is 0.356 e. The Balaban J connectivity index is 0.00000113. The Morgan fingerprint density at radius 3 is 1.60 bits per heavy atom. The van der Waals surface area contributed by atoms with E-state index in [0.29, 0.717) is 42.9 Å². The predicted molar refractivity (Wildman–Crippen MR) is 145 cm³/mol. The zero-order valence-corrected chi connectivity index (χ0v) is 23.3. The van der Waals surface area contributed by atoms with Crippen LogP contribution in [0.5, 0.6) is 0 Å². The quantitative estimate of drug-likeness (QED) is 0.0636. The molecule has 21 nitrogen and oxygen atoms in total. The first-order valence-corrected chi connectivity index (χ1v) is 12.6. The molecule has 3 heterocycles. The lowest BCUT2D eigenvalue weighted by Crippen LogP contribution is -2.43. The molecule has 3 amide bonds. The molecule has 5 N–H and O–H groups in total. The maximum absolute atomic E-state index is 12.6. The van der Waals surface area contributed by atoms with Gasteiger partial charge in [-0.2, -0.15) is 0 Å². The van der Waals surface area contributed by atoms with Gasteiger partial charge in [0.25, 0.3) is 22.8 Å². The lowest BCUT2D eigenvalue weighted by atomic mass is 10.2. The highest BCUT2D eigenvalue weighted by molar-refractivity contribution is 5.94. The molecule has 0 bridgehead atoms. The Hall–Kier alpha value is -6.54. The van der Waals surface area contributed by atoms with Crippen LogP contribution in [0.25, 0.3) is 0 Å². The summed E-state index contributed by atoms with van der Waals surface area (Å²) in [6.07, 6.45) is 9.98. The van der Waals surface area contributed by atoms with E-state index >= 15 is 0 Å². The molecule has 0 unspecified atom stereocenters. The molecule has 240 valence electrons. The van der Waals surface area contributed by atoms with Gasteiger partial charge in [0.1, 0.15) is 22.6 Å². The predicted octanol–water partition coefficient (Wildman–Crippen LogP) is -1.24. The molecule has 0 aliphatic heterocycles. The van der Waals surface area contributed by atoms with Crippen LogP contribution in [-0.2, 0) is 17.9 Å². The molecule has 3 aromatic heterocycles. The van der Waals surface area contributed by atoms with Gasteiger partial charge >= 0.3 is 5.09 Å². The Bertz CT molecular complexity index is 1420. The van der Waals surface area contributed by atoms with E-state index in [-0.39, 0.29) is 25.0 Å². The highest BCUT2D eigenvalue weighted by atomic mass is 16.9. The first-order chi connectivity index (χ1) is 21.4. The fourth-order valence-electron chi connectivity index (χ4n) is 3.28. The fourth-order valence-corrected chi connectivity index (χ4v) is 3.28. The van der Waals surface area contributed by atoms with Crippen LogP contribution in [0.1, 0.15) is 31.1 Å². The van der Waals surface area contributed by atoms with Gasteiger partial charge in [0.15, 0.2) is 37.9 Å². The molecule has 0 radical (unpaired) electrons. The molecular weight excluding hydrogens is 606 g/mol. The minimum Gasteiger partial charge on any atom is -0.356 e. The molecule has 0 aromatic carbocycles. The van der Waals surface area contributed by atoms with Gasteiger partial charge in [-0.15, -0.1) is 10.1 Å². The van der Waals surface area contributed by atoms with Crippen molar-refractivity contribution < 1.29 is 54.0 Å². The number of nitrogens with zero attached hydrogens (tertiary/aromatic N) is 6. The van der Waals surface area contributed by atoms with Gasteiger partial charge in [0.2, 0.25) is 0 Å². The molecule has 0 aliphatic carbocycles. The van der Waals surface area contributed by atoms with Crippen molar-refractivity contribution in [1.82, 2.24) is 20.9 Å². The summed E-state index contributed by atoms with van der Waals surface area (Å²) in [5.74, 6) is -0.865. The van der Waals surface area contributed by atoms with E-state index in [1.54, 1.807) is 65.8 Å². The number of carbonyl (C=O) groups excluding carboxylic acids is 3. The molecule has 0 saturated heterocycles. The summed E-state index contributed by atoms with van der Waals surface area (Å²) >= 11 is 0. The van der Waals surface area contributed by atoms with Crippen LogP contribution in [0.2, 0.25) is 0 Å². The Morgan fingerprint density at radius 1 is 0.756 bits per heavy atom. The number of pyridine rings is 3. The van der Waals surface area contributed by atoms with Crippen molar-refractivity contribution in [3.8, 4) is 0 Å². The maximum atomic E-state index is 12.6. The molecule has 3 aromatic rings. The average molecular weight is 636 g/mol. The standard InChI is InChI=1S/C24H25N7O6.H2NO3.NO3/c32-22(19-4-1-7-25-16-19)26-8-13-29-11-2-5-20(17-29)23(33)27-9-14-30-12-3-6-21(18-30)24(34)28-10-15-37-31(35)36;2*2-1(3)4/h1-7,11-12,16-18H,8-10,13-15H2,(H-2,26,27,28,32,33,34);(H2,2,3,4);/q;+1;-1/p+2. The summed E-state index contributed by atoms with van der Waals surface area (Å²) < 4.78 is 3.56. The minimum absolute atomic E-state index is 0.00127. The van der Waals surface area contributed by atoms with E-state index in [9.17, 15) is 24.5 Å². The summed E-state index contributed by atoms with van der Waals surface area (Å²) in [6.45, 7) is 1.37. The second-order valence-corrected chi connectivity index (χ2v) is 8.20. The largest absolute Gasteiger partial charge is 0.472 e. The summed E-state index contributed by atoms with van der Waals surface area (Å²) in [5.41, 5.74) is 1.32. The van der Waals surface area contributed by atoms with Crippen LogP contribution in [0.15, 0.2) is 73.6 Å². The van der Waals surface area contributed by atoms with Gasteiger partial charge in [-0.3, -0.25) is 19.4 Å². The van der Waals surface area contributed by atoms with Gasteiger partial charge in [-0.25, -0.2) is 19.5 Å². The molecule has 0 spiro atoms. The van der Waals surface area contributed by atoms with E-state index in [1.165, 1.54) is 6.20 Å². The molecule has 3 rings (SSSR count). The van der Waals surface area contributed by atoms with Crippen LogP contribution < -0.4 is 25.1 Å². The van der Waals surface area contributed by atoms with Crippen LogP contribution in [-0.4, -0.2) is 74.6 Å². The number of rotatable bonds is 13. The number of aromatic nitrogens is 3. The summed E-state index contributed by atoms with van der Waals surface area (Å²) in [5, 5.41) is 44.7. The molecule has 45 heavy (non-hydrogen) atoms. The Morgan fingerprint density at radius 2 is 1.18 bits per heavy atom. The van der Waals surface area contributed by atoms with Gasteiger partial charge in [-0.05, 0) is 24.3 Å². The summed E-state index contributed by atoms with van der Waals surface area (Å²) in [7, 11) is 0. The van der Waals surface area contributed by atoms with E-state index in [4.69, 9.17) is 30.6 Å². The molecular formula is C24H29N9O12+2. The van der Waals surface area contributed by atoms with Crippen LogP contribution in [0.4, 0.5) is 0 Å². The first-order valence-electron chi connectivity index (χ1n) is 12.6. The van der Waals surface area contributed by atoms with Gasteiger partial charge < -0.3 is 36.1 Å². The van der Waals surface area contributed by atoms with Crippen LogP contribution >= 0.6 is 0 Å². The van der Waals surface area contributed by atoms with E-state index in [2.05, 4.69) is 25.8 Å². The third kappa shape index (κ3) is 17.1. The number of carbonyl (C=O) groups is 3. The highest BCUT2D eigenvalue weighted by Crippen LogP contribution is 1.97. The van der Waals surface area contributed by atoms with Gasteiger partial charge in [0, 0.05) is 31.1 Å². The van der Waals surface area contributed by atoms with Crippen molar-refractivity contribution in [3.05, 3.63) is 121 Å². The Labute approximate surface area is 253 Å². The van der Waals surface area contributed by atoms with Crippen LogP contribution in [0, 0.1) is 30.3 Å². The number of amides is 3. The first kappa shape index (κ1) is 36.5. The van der Waals surface area contributed by atoms with Crippen LogP contribution in [0.3, 0.4) is 0 Å². The SMILES string of the molecule is O=C(NCCO[N+](=O)[O-])c1ccc[n+](CCNC(=O)c2ccc[n+](CCNC(=O)c3cccnc3)c2)c1.O=[N+](O)O.O=[N+]([O-])[O-]. The number of hydrogen-bond donors (Lipinski definition) is 5. The summed E-state index contributed by atoms with van der Waals surface area (Å²) in [6, 6.07) is 10.1. The van der Waals surface area contributed by atoms with Crippen molar-refractivity contribution >= 4 is 17.7 Å². The van der Waals surface area contributed by atoms with Crippen molar-refractivity contribution in [3.63, 3.8) is 0 Å². The zero-order valence-electron chi connectivity index (χ0n) is 23.3. The normalized spacial score (nSPS) is 9.51.